The van der Waals surface area contributed by atoms with E-state index in [2.05, 4.69) is 15.2 Å². The normalized spacial score (nSPS) is 24.8. The van der Waals surface area contributed by atoms with Crippen LogP contribution >= 0.6 is 0 Å². The molecule has 2 saturated heterocycles. The van der Waals surface area contributed by atoms with Gasteiger partial charge in [-0.15, -0.1) is 0 Å². The number of anilines is 2. The minimum atomic E-state index is -0.394. The summed E-state index contributed by atoms with van der Waals surface area (Å²) in [4.78, 5) is 18.7. The molecule has 0 amide bonds. The van der Waals surface area contributed by atoms with Crippen LogP contribution in [-0.4, -0.2) is 47.6 Å². The molecule has 2 aliphatic rings. The molecule has 3 N–H and O–H groups in total. The number of aromatic nitrogens is 1. The van der Waals surface area contributed by atoms with Crippen molar-refractivity contribution < 1.29 is 9.53 Å². The number of pyridine rings is 1. The van der Waals surface area contributed by atoms with E-state index in [4.69, 9.17) is 10.5 Å². The fraction of sp³-hybridized carbons (Fsp3) is 0.600. The van der Waals surface area contributed by atoms with Gasteiger partial charge < -0.3 is 15.8 Å². The Hall–Kier alpha value is -1.82. The van der Waals surface area contributed by atoms with Crippen LogP contribution in [0, 0.1) is 0 Å². The largest absolute Gasteiger partial charge is 0.462 e. The molecule has 3 heterocycles. The Labute approximate surface area is 124 Å². The molecule has 1 aromatic rings. The van der Waals surface area contributed by atoms with E-state index in [1.54, 1.807) is 13.0 Å². The fourth-order valence-corrected chi connectivity index (χ4v) is 3.37. The van der Waals surface area contributed by atoms with E-state index in [1.165, 1.54) is 25.6 Å². The van der Waals surface area contributed by atoms with Crippen LogP contribution in [-0.2, 0) is 4.74 Å². The fourth-order valence-electron chi connectivity index (χ4n) is 3.37. The Morgan fingerprint density at radius 3 is 3.19 bits per heavy atom. The van der Waals surface area contributed by atoms with Crippen LogP contribution in [0.2, 0.25) is 0 Å². The first-order valence-electron chi connectivity index (χ1n) is 7.62. The van der Waals surface area contributed by atoms with Crippen molar-refractivity contribution in [3.8, 4) is 0 Å². The summed E-state index contributed by atoms with van der Waals surface area (Å²) in [7, 11) is 0. The molecule has 0 spiro atoms. The van der Waals surface area contributed by atoms with Gasteiger partial charge in [-0.2, -0.15) is 0 Å². The van der Waals surface area contributed by atoms with Crippen LogP contribution in [0.15, 0.2) is 12.3 Å². The number of rotatable bonds is 4. The van der Waals surface area contributed by atoms with Crippen molar-refractivity contribution in [3.05, 3.63) is 17.8 Å². The molecule has 6 heteroatoms. The number of ether oxygens (including phenoxy) is 1. The number of nitrogen functional groups attached to an aromatic ring is 1. The summed E-state index contributed by atoms with van der Waals surface area (Å²) in [5.74, 6) is 0.306. The minimum absolute atomic E-state index is 0.336. The molecule has 0 aliphatic carbocycles. The first-order chi connectivity index (χ1) is 10.2. The molecule has 3 rings (SSSR count). The molecule has 0 aromatic carbocycles. The monoisotopic (exact) mass is 290 g/mol. The predicted octanol–water partition coefficient (Wildman–Crippen LogP) is 1.49. The number of esters is 1. The van der Waals surface area contributed by atoms with Gasteiger partial charge >= 0.3 is 5.97 Å². The lowest BCUT2D eigenvalue weighted by atomic mass is 10.1. The van der Waals surface area contributed by atoms with Crippen LogP contribution < -0.4 is 11.1 Å². The van der Waals surface area contributed by atoms with Crippen molar-refractivity contribution >= 4 is 17.5 Å². The highest BCUT2D eigenvalue weighted by atomic mass is 16.5. The molecule has 2 fully saturated rings. The molecule has 2 atom stereocenters. The average molecular weight is 290 g/mol. The van der Waals surface area contributed by atoms with Gasteiger partial charge in [0.25, 0.3) is 0 Å². The zero-order valence-corrected chi connectivity index (χ0v) is 12.3. The van der Waals surface area contributed by atoms with Crippen LogP contribution in [0.1, 0.15) is 36.5 Å². The van der Waals surface area contributed by atoms with Gasteiger partial charge in [0.2, 0.25) is 0 Å². The highest BCUT2D eigenvalue weighted by molar-refractivity contribution is 5.95. The highest BCUT2D eigenvalue weighted by Gasteiger charge is 2.37. The number of fused-ring (bicyclic) bond motifs is 1. The average Bonchev–Trinajstić information content (AvgIpc) is 3.06. The number of hydrogen-bond donors (Lipinski definition) is 2. The maximum absolute atomic E-state index is 11.9. The maximum Gasteiger partial charge on any atom is 0.340 e. The second-order valence-electron chi connectivity index (χ2n) is 5.66. The van der Waals surface area contributed by atoms with Crippen molar-refractivity contribution in [2.45, 2.75) is 38.3 Å². The summed E-state index contributed by atoms with van der Waals surface area (Å²) in [5, 5.41) is 3.46. The third kappa shape index (κ3) is 2.81. The standard InChI is InChI=1S/C15H22N4O2/c1-2-21-15(20)10-8-14(17-9-11(10)16)18-12-5-7-19-6-3-4-13(12)19/h8-9,12-13H,2-7,16H2,1H3,(H,17,18). The van der Waals surface area contributed by atoms with Crippen LogP contribution in [0.25, 0.3) is 0 Å². The van der Waals surface area contributed by atoms with Gasteiger partial charge in [0.1, 0.15) is 5.82 Å². The number of carbonyl (C=O) groups is 1. The van der Waals surface area contributed by atoms with Crippen molar-refractivity contribution in [2.24, 2.45) is 0 Å². The lowest BCUT2D eigenvalue weighted by Crippen LogP contribution is -2.34. The number of carbonyl (C=O) groups excluding carboxylic acids is 1. The van der Waals surface area contributed by atoms with Crippen LogP contribution in [0.3, 0.4) is 0 Å². The Kier molecular flexibility index (Phi) is 3.96. The van der Waals surface area contributed by atoms with Crippen LogP contribution in [0.5, 0.6) is 0 Å². The number of hydrogen-bond acceptors (Lipinski definition) is 6. The first kappa shape index (κ1) is 14.1. The summed E-state index contributed by atoms with van der Waals surface area (Å²) >= 11 is 0. The van der Waals surface area contributed by atoms with Crippen molar-refractivity contribution in [2.75, 3.05) is 30.7 Å². The third-order valence-corrected chi connectivity index (χ3v) is 4.37. The van der Waals surface area contributed by atoms with Crippen LogP contribution in [0.4, 0.5) is 11.5 Å². The van der Waals surface area contributed by atoms with E-state index in [9.17, 15) is 4.79 Å². The molecule has 21 heavy (non-hydrogen) atoms. The first-order valence-corrected chi connectivity index (χ1v) is 7.62. The molecule has 2 unspecified atom stereocenters. The molecule has 114 valence electrons. The maximum atomic E-state index is 11.9. The van der Waals surface area contributed by atoms with E-state index < -0.39 is 5.97 Å². The van der Waals surface area contributed by atoms with E-state index in [1.807, 2.05) is 0 Å². The SMILES string of the molecule is CCOC(=O)c1cc(NC2CCN3CCCC23)ncc1N. The lowest BCUT2D eigenvalue weighted by Gasteiger charge is -2.22. The van der Waals surface area contributed by atoms with E-state index in [-0.39, 0.29) is 0 Å². The number of nitrogens with two attached hydrogens (primary N) is 1. The molecule has 1 aromatic heterocycles. The second kappa shape index (κ2) is 5.89. The Morgan fingerprint density at radius 2 is 2.38 bits per heavy atom. The summed E-state index contributed by atoms with van der Waals surface area (Å²) in [6.45, 7) is 4.46. The smallest absolute Gasteiger partial charge is 0.340 e. The topological polar surface area (TPSA) is 80.5 Å². The zero-order chi connectivity index (χ0) is 14.8. The van der Waals surface area contributed by atoms with Crippen molar-refractivity contribution in [1.82, 2.24) is 9.88 Å². The van der Waals surface area contributed by atoms with E-state index >= 15 is 0 Å². The van der Waals surface area contributed by atoms with Gasteiger partial charge in [0.05, 0.1) is 24.1 Å². The van der Waals surface area contributed by atoms with E-state index in [0.29, 0.717) is 35.8 Å². The van der Waals surface area contributed by atoms with Gasteiger partial charge in [0.15, 0.2) is 0 Å². The Bertz CT molecular complexity index is 534. The quantitative estimate of drug-likeness (QED) is 0.818. The third-order valence-electron chi connectivity index (χ3n) is 4.37. The molecule has 0 bridgehead atoms. The lowest BCUT2D eigenvalue weighted by molar-refractivity contribution is 0.0527. The van der Waals surface area contributed by atoms with Crippen molar-refractivity contribution in [3.63, 3.8) is 0 Å². The van der Waals surface area contributed by atoms with Crippen molar-refractivity contribution in [1.29, 1.82) is 0 Å². The Morgan fingerprint density at radius 1 is 1.52 bits per heavy atom. The molecular weight excluding hydrogens is 268 g/mol. The second-order valence-corrected chi connectivity index (χ2v) is 5.66. The number of nitrogens with zero attached hydrogens (tertiary/aromatic N) is 2. The summed E-state index contributed by atoms with van der Waals surface area (Å²) in [6.07, 6.45) is 5.14. The summed E-state index contributed by atoms with van der Waals surface area (Å²) < 4.78 is 5.02. The van der Waals surface area contributed by atoms with Gasteiger partial charge in [-0.05, 0) is 38.8 Å². The molecule has 0 radical (unpaired) electrons. The minimum Gasteiger partial charge on any atom is -0.462 e. The number of nitrogens with one attached hydrogen (secondary N) is 1. The van der Waals surface area contributed by atoms with E-state index in [0.717, 1.165) is 13.0 Å². The summed E-state index contributed by atoms with van der Waals surface area (Å²) in [6, 6.07) is 2.69. The molecule has 6 nitrogen and oxygen atoms in total. The van der Waals surface area contributed by atoms with Gasteiger partial charge in [0, 0.05) is 18.6 Å². The highest BCUT2D eigenvalue weighted by Crippen LogP contribution is 2.30. The molecule has 2 aliphatic heterocycles. The predicted molar refractivity (Wildman–Crippen MR) is 81.2 cm³/mol. The summed E-state index contributed by atoms with van der Waals surface area (Å²) in [5.41, 5.74) is 6.55. The molecule has 0 saturated carbocycles. The molecular formula is C15H22N4O2. The zero-order valence-electron chi connectivity index (χ0n) is 12.3. The Balaban J connectivity index is 1.74. The van der Waals surface area contributed by atoms with Gasteiger partial charge in [-0.3, -0.25) is 4.90 Å². The van der Waals surface area contributed by atoms with Gasteiger partial charge in [-0.1, -0.05) is 0 Å². The van der Waals surface area contributed by atoms with Gasteiger partial charge in [-0.25, -0.2) is 9.78 Å².